The fraction of sp³-hybridized carbons (Fsp3) is 0.533. The van der Waals surface area contributed by atoms with Crippen molar-refractivity contribution < 1.29 is 9.53 Å². The zero-order valence-electron chi connectivity index (χ0n) is 12.0. The van der Waals surface area contributed by atoms with Crippen LogP contribution in [-0.2, 0) is 4.79 Å². The highest BCUT2D eigenvalue weighted by Crippen LogP contribution is 2.24. The number of carbonyl (C=O) groups is 1. The van der Waals surface area contributed by atoms with Gasteiger partial charge in [0.25, 0.3) is 5.91 Å². The SMILES string of the molecule is CC(N)C1CCCCN1C(=O)COc1cc(Cl)cc(Cl)c1. The van der Waals surface area contributed by atoms with Gasteiger partial charge in [0, 0.05) is 28.7 Å². The molecule has 21 heavy (non-hydrogen) atoms. The molecule has 2 N–H and O–H groups in total. The van der Waals surface area contributed by atoms with Crippen LogP contribution < -0.4 is 10.5 Å². The van der Waals surface area contributed by atoms with Crippen LogP contribution in [0.1, 0.15) is 26.2 Å². The quantitative estimate of drug-likeness (QED) is 0.922. The Kier molecular flexibility index (Phi) is 5.73. The maximum atomic E-state index is 12.3. The van der Waals surface area contributed by atoms with E-state index in [2.05, 4.69) is 0 Å². The molecule has 0 spiro atoms. The van der Waals surface area contributed by atoms with Crippen LogP contribution in [0.5, 0.6) is 5.75 Å². The molecular formula is C15H20Cl2N2O2. The normalized spacial score (nSPS) is 20.2. The maximum Gasteiger partial charge on any atom is 0.260 e. The summed E-state index contributed by atoms with van der Waals surface area (Å²) in [4.78, 5) is 14.2. The van der Waals surface area contributed by atoms with E-state index in [1.807, 2.05) is 11.8 Å². The van der Waals surface area contributed by atoms with Gasteiger partial charge in [-0.3, -0.25) is 4.79 Å². The van der Waals surface area contributed by atoms with Crippen LogP contribution in [0.25, 0.3) is 0 Å². The number of hydrogen-bond acceptors (Lipinski definition) is 3. The second-order valence-electron chi connectivity index (χ2n) is 5.40. The van der Waals surface area contributed by atoms with Gasteiger partial charge in [-0.15, -0.1) is 0 Å². The molecule has 0 bridgehead atoms. The molecule has 2 atom stereocenters. The van der Waals surface area contributed by atoms with Crippen molar-refractivity contribution in [2.75, 3.05) is 13.2 Å². The predicted molar refractivity (Wildman–Crippen MR) is 85.0 cm³/mol. The van der Waals surface area contributed by atoms with Crippen molar-refractivity contribution in [3.05, 3.63) is 28.2 Å². The third kappa shape index (κ3) is 4.50. The molecule has 0 radical (unpaired) electrons. The smallest absolute Gasteiger partial charge is 0.260 e. The molecule has 0 aromatic heterocycles. The number of ether oxygens (including phenoxy) is 1. The minimum atomic E-state index is -0.0481. The Balaban J connectivity index is 1.97. The highest BCUT2D eigenvalue weighted by atomic mass is 35.5. The first-order valence-corrected chi connectivity index (χ1v) is 7.87. The number of carbonyl (C=O) groups excluding carboxylic acids is 1. The molecule has 2 unspecified atom stereocenters. The lowest BCUT2D eigenvalue weighted by atomic mass is 9.97. The van der Waals surface area contributed by atoms with Crippen molar-refractivity contribution in [2.24, 2.45) is 5.73 Å². The number of benzene rings is 1. The van der Waals surface area contributed by atoms with E-state index >= 15 is 0 Å². The Hall–Kier alpha value is -0.970. The fourth-order valence-electron chi connectivity index (χ4n) is 2.65. The van der Waals surface area contributed by atoms with Crippen molar-refractivity contribution in [2.45, 2.75) is 38.3 Å². The second kappa shape index (κ2) is 7.34. The van der Waals surface area contributed by atoms with Gasteiger partial charge in [-0.2, -0.15) is 0 Å². The van der Waals surface area contributed by atoms with Gasteiger partial charge in [0.05, 0.1) is 0 Å². The van der Waals surface area contributed by atoms with Gasteiger partial charge in [0.2, 0.25) is 0 Å². The lowest BCUT2D eigenvalue weighted by Crippen LogP contribution is -2.52. The van der Waals surface area contributed by atoms with Crippen LogP contribution in [-0.4, -0.2) is 36.0 Å². The first-order chi connectivity index (χ1) is 9.97. The highest BCUT2D eigenvalue weighted by molar-refractivity contribution is 6.34. The lowest BCUT2D eigenvalue weighted by molar-refractivity contribution is -0.137. The molecule has 1 heterocycles. The molecule has 1 aliphatic rings. The molecule has 1 saturated heterocycles. The Morgan fingerprint density at radius 2 is 2.05 bits per heavy atom. The number of amides is 1. The van der Waals surface area contributed by atoms with E-state index in [9.17, 15) is 4.79 Å². The third-order valence-corrected chi connectivity index (χ3v) is 4.11. The maximum absolute atomic E-state index is 12.3. The van der Waals surface area contributed by atoms with Crippen LogP contribution >= 0.6 is 23.2 Å². The molecular weight excluding hydrogens is 311 g/mol. The minimum absolute atomic E-state index is 0.0279. The van der Waals surface area contributed by atoms with Crippen molar-refractivity contribution in [1.29, 1.82) is 0 Å². The van der Waals surface area contributed by atoms with E-state index in [0.717, 1.165) is 25.8 Å². The van der Waals surface area contributed by atoms with Gasteiger partial charge >= 0.3 is 0 Å². The average Bonchev–Trinajstić information content (AvgIpc) is 2.43. The Bertz CT molecular complexity index is 488. The lowest BCUT2D eigenvalue weighted by Gasteiger charge is -2.38. The zero-order valence-corrected chi connectivity index (χ0v) is 13.5. The first-order valence-electron chi connectivity index (χ1n) is 7.11. The van der Waals surface area contributed by atoms with E-state index in [1.165, 1.54) is 0 Å². The van der Waals surface area contributed by atoms with Gasteiger partial charge in [-0.05, 0) is 44.4 Å². The standard InChI is InChI=1S/C15H20Cl2N2O2/c1-10(18)14-4-2-3-5-19(14)15(20)9-21-13-7-11(16)6-12(17)8-13/h6-8,10,14H,2-5,9,18H2,1H3. The first kappa shape index (κ1) is 16.4. The Morgan fingerprint density at radius 3 is 2.67 bits per heavy atom. The van der Waals surface area contributed by atoms with Crippen molar-refractivity contribution >= 4 is 29.1 Å². The van der Waals surface area contributed by atoms with Crippen molar-refractivity contribution in [3.63, 3.8) is 0 Å². The summed E-state index contributed by atoms with van der Waals surface area (Å²) in [7, 11) is 0. The van der Waals surface area contributed by atoms with Crippen LogP contribution in [0, 0.1) is 0 Å². The average molecular weight is 331 g/mol. The van der Waals surface area contributed by atoms with Crippen LogP contribution in [0.15, 0.2) is 18.2 Å². The number of rotatable bonds is 4. The van der Waals surface area contributed by atoms with Crippen molar-refractivity contribution in [1.82, 2.24) is 4.90 Å². The Morgan fingerprint density at radius 1 is 1.38 bits per heavy atom. The van der Waals surface area contributed by atoms with Crippen LogP contribution in [0.3, 0.4) is 0 Å². The molecule has 2 rings (SSSR count). The number of hydrogen-bond donors (Lipinski definition) is 1. The van der Waals surface area contributed by atoms with Gasteiger partial charge in [-0.25, -0.2) is 0 Å². The van der Waals surface area contributed by atoms with Gasteiger partial charge in [0.1, 0.15) is 5.75 Å². The summed E-state index contributed by atoms with van der Waals surface area (Å²) in [6, 6.07) is 4.96. The summed E-state index contributed by atoms with van der Waals surface area (Å²) in [5.41, 5.74) is 5.97. The largest absolute Gasteiger partial charge is 0.484 e. The molecule has 1 amide bonds. The predicted octanol–water partition coefficient (Wildman–Crippen LogP) is 3.10. The number of nitrogens with two attached hydrogens (primary N) is 1. The number of piperidine rings is 1. The van der Waals surface area contributed by atoms with Crippen LogP contribution in [0.2, 0.25) is 10.0 Å². The highest BCUT2D eigenvalue weighted by Gasteiger charge is 2.29. The van der Waals surface area contributed by atoms with E-state index in [4.69, 9.17) is 33.7 Å². The van der Waals surface area contributed by atoms with E-state index in [0.29, 0.717) is 15.8 Å². The number of halogens is 2. The third-order valence-electron chi connectivity index (χ3n) is 3.67. The molecule has 116 valence electrons. The Labute approximate surface area is 135 Å². The van der Waals surface area contributed by atoms with Gasteiger partial charge in [0.15, 0.2) is 6.61 Å². The molecule has 4 nitrogen and oxygen atoms in total. The van der Waals surface area contributed by atoms with E-state index in [-0.39, 0.29) is 24.6 Å². The van der Waals surface area contributed by atoms with Crippen LogP contribution in [0.4, 0.5) is 0 Å². The molecule has 1 aromatic rings. The molecule has 1 aliphatic heterocycles. The summed E-state index contributed by atoms with van der Waals surface area (Å²) in [5.74, 6) is 0.448. The monoisotopic (exact) mass is 330 g/mol. The summed E-state index contributed by atoms with van der Waals surface area (Å²) >= 11 is 11.8. The summed E-state index contributed by atoms with van der Waals surface area (Å²) in [6.07, 6.45) is 3.07. The van der Waals surface area contributed by atoms with Gasteiger partial charge < -0.3 is 15.4 Å². The topological polar surface area (TPSA) is 55.6 Å². The molecule has 1 fully saturated rings. The summed E-state index contributed by atoms with van der Waals surface area (Å²) in [6.45, 7) is 2.65. The van der Waals surface area contributed by atoms with E-state index < -0.39 is 0 Å². The second-order valence-corrected chi connectivity index (χ2v) is 6.28. The van der Waals surface area contributed by atoms with Gasteiger partial charge in [-0.1, -0.05) is 23.2 Å². The minimum Gasteiger partial charge on any atom is -0.484 e. The molecule has 0 saturated carbocycles. The zero-order chi connectivity index (χ0) is 15.4. The number of likely N-dealkylation sites (tertiary alicyclic amines) is 1. The van der Waals surface area contributed by atoms with E-state index in [1.54, 1.807) is 18.2 Å². The molecule has 0 aliphatic carbocycles. The summed E-state index contributed by atoms with van der Waals surface area (Å²) in [5, 5.41) is 0.966. The number of nitrogens with zero attached hydrogens (tertiary/aromatic N) is 1. The summed E-state index contributed by atoms with van der Waals surface area (Å²) < 4.78 is 5.51. The molecule has 6 heteroatoms. The fourth-order valence-corrected chi connectivity index (χ4v) is 3.16. The molecule has 1 aromatic carbocycles. The van der Waals surface area contributed by atoms with Crippen molar-refractivity contribution in [3.8, 4) is 5.75 Å².